The molecule has 0 radical (unpaired) electrons. The second kappa shape index (κ2) is 9.80. The highest BCUT2D eigenvalue weighted by molar-refractivity contribution is 4.87. The Bertz CT molecular complexity index is 333. The van der Waals surface area contributed by atoms with Crippen LogP contribution in [0.15, 0.2) is 0 Å². The maximum atomic E-state index is 2.40. The Kier molecular flexibility index (Phi) is 9.03. The maximum absolute atomic E-state index is 2.40. The van der Waals surface area contributed by atoms with E-state index in [0.29, 0.717) is 10.8 Å². The summed E-state index contributed by atoms with van der Waals surface area (Å²) in [6.45, 7) is 14.3. The van der Waals surface area contributed by atoms with Crippen molar-refractivity contribution in [1.29, 1.82) is 0 Å². The third-order valence-corrected chi connectivity index (χ3v) is 6.62. The molecule has 0 heterocycles. The van der Waals surface area contributed by atoms with Crippen molar-refractivity contribution in [3.05, 3.63) is 0 Å². The molecule has 0 N–H and O–H groups in total. The minimum atomic E-state index is 0. The smallest absolute Gasteiger partial charge is 0.0380 e. The van der Waals surface area contributed by atoms with Gasteiger partial charge in [0.05, 0.1) is 0 Å². The number of rotatable bonds is 2. The molecule has 0 nitrogen and oxygen atoms in total. The summed E-state index contributed by atoms with van der Waals surface area (Å²) in [4.78, 5) is 0. The molecule has 3 aliphatic carbocycles. The standard InChI is InChI=1S/C14H26.C10H20.CH4/c1-14(2,3)10-11-8-12-6-4-5-7-13(12)9-11;1-10(2,3)8-9-6-4-5-7-9;/h11-13H,4-10H2,1-3H3;9H,4-8H2,1-3H3;1H4. The molecule has 3 aliphatic rings. The predicted molar refractivity (Wildman–Crippen MR) is 115 cm³/mol. The molecular formula is C25H50. The Morgan fingerprint density at radius 2 is 0.920 bits per heavy atom. The van der Waals surface area contributed by atoms with E-state index in [-0.39, 0.29) is 7.43 Å². The van der Waals surface area contributed by atoms with Crippen molar-refractivity contribution >= 4 is 0 Å². The van der Waals surface area contributed by atoms with Crippen molar-refractivity contribution in [3.63, 3.8) is 0 Å². The largest absolute Gasteiger partial charge is 0.0776 e. The molecule has 0 heteroatoms. The molecule has 0 saturated heterocycles. The average molecular weight is 351 g/mol. The highest BCUT2D eigenvalue weighted by atomic mass is 14.4. The lowest BCUT2D eigenvalue weighted by Gasteiger charge is -2.24. The molecule has 25 heavy (non-hydrogen) atoms. The van der Waals surface area contributed by atoms with Gasteiger partial charge in [0.1, 0.15) is 0 Å². The molecule has 3 saturated carbocycles. The Labute approximate surface area is 160 Å². The molecule has 2 atom stereocenters. The number of hydrogen-bond donors (Lipinski definition) is 0. The van der Waals surface area contributed by atoms with Crippen molar-refractivity contribution < 1.29 is 0 Å². The maximum Gasteiger partial charge on any atom is -0.0380 e. The molecule has 0 bridgehead atoms. The van der Waals surface area contributed by atoms with Gasteiger partial charge in [0, 0.05) is 0 Å². The van der Waals surface area contributed by atoms with Gasteiger partial charge < -0.3 is 0 Å². The molecule has 2 unspecified atom stereocenters. The van der Waals surface area contributed by atoms with E-state index in [9.17, 15) is 0 Å². The summed E-state index contributed by atoms with van der Waals surface area (Å²) in [7, 11) is 0. The van der Waals surface area contributed by atoms with Crippen molar-refractivity contribution in [1.82, 2.24) is 0 Å². The summed E-state index contributed by atoms with van der Waals surface area (Å²) in [5.74, 6) is 4.36. The quantitative estimate of drug-likeness (QED) is 0.466. The van der Waals surface area contributed by atoms with Crippen molar-refractivity contribution in [2.75, 3.05) is 0 Å². The fourth-order valence-electron chi connectivity index (χ4n) is 5.97. The zero-order valence-electron chi connectivity index (χ0n) is 17.8. The minimum absolute atomic E-state index is 0. The zero-order valence-corrected chi connectivity index (χ0v) is 17.8. The fraction of sp³-hybridized carbons (Fsp3) is 1.00. The van der Waals surface area contributed by atoms with Crippen LogP contribution < -0.4 is 0 Å². The Morgan fingerprint density at radius 1 is 0.560 bits per heavy atom. The predicted octanol–water partition coefficient (Wildman–Crippen LogP) is 8.89. The molecular weight excluding hydrogens is 300 g/mol. The van der Waals surface area contributed by atoms with Gasteiger partial charge in [-0.05, 0) is 60.2 Å². The summed E-state index contributed by atoms with van der Waals surface area (Å²) in [5.41, 5.74) is 1.12. The normalized spacial score (nSPS) is 30.2. The van der Waals surface area contributed by atoms with Crippen molar-refractivity contribution in [2.24, 2.45) is 34.5 Å². The van der Waals surface area contributed by atoms with Gasteiger partial charge in [0.25, 0.3) is 0 Å². The molecule has 0 aliphatic heterocycles. The van der Waals surface area contributed by atoms with Crippen molar-refractivity contribution in [2.45, 2.75) is 126 Å². The molecule has 3 rings (SSSR count). The third-order valence-electron chi connectivity index (χ3n) is 6.62. The minimum Gasteiger partial charge on any atom is -0.0776 e. The van der Waals surface area contributed by atoms with E-state index in [1.54, 1.807) is 25.7 Å². The van der Waals surface area contributed by atoms with Gasteiger partial charge in [-0.2, -0.15) is 0 Å². The van der Waals surface area contributed by atoms with Gasteiger partial charge in [0.15, 0.2) is 0 Å². The number of fused-ring (bicyclic) bond motifs is 1. The Hall–Kier alpha value is 0. The van der Waals surface area contributed by atoms with Gasteiger partial charge in [0.2, 0.25) is 0 Å². The molecule has 0 spiro atoms. The van der Waals surface area contributed by atoms with E-state index in [1.807, 2.05) is 0 Å². The summed E-state index contributed by atoms with van der Waals surface area (Å²) >= 11 is 0. The first-order valence-electron chi connectivity index (χ1n) is 11.1. The van der Waals surface area contributed by atoms with Crippen LogP contribution in [0.4, 0.5) is 0 Å². The molecule has 0 aromatic carbocycles. The lowest BCUT2D eigenvalue weighted by Crippen LogP contribution is -2.12. The number of hydrogen-bond acceptors (Lipinski definition) is 0. The van der Waals surface area contributed by atoms with Crippen LogP contribution in [0.25, 0.3) is 0 Å². The van der Waals surface area contributed by atoms with Crippen LogP contribution >= 0.6 is 0 Å². The third kappa shape index (κ3) is 8.96. The van der Waals surface area contributed by atoms with Gasteiger partial charge in [-0.3, -0.25) is 0 Å². The average Bonchev–Trinajstić information content (AvgIpc) is 3.03. The fourth-order valence-corrected chi connectivity index (χ4v) is 5.97. The van der Waals surface area contributed by atoms with Crippen LogP contribution in [-0.4, -0.2) is 0 Å². The molecule has 3 fully saturated rings. The Balaban J connectivity index is 0.000000254. The highest BCUT2D eigenvalue weighted by Gasteiger charge is 2.36. The highest BCUT2D eigenvalue weighted by Crippen LogP contribution is 2.48. The first-order chi connectivity index (χ1) is 11.1. The van der Waals surface area contributed by atoms with E-state index in [1.165, 1.54) is 51.4 Å². The van der Waals surface area contributed by atoms with E-state index in [0.717, 1.165) is 23.7 Å². The van der Waals surface area contributed by atoms with Crippen LogP contribution in [0.2, 0.25) is 0 Å². The SMILES string of the molecule is C.CC(C)(C)CC1CC2CCCCC2C1.CC(C)(C)CC1CCCC1. The van der Waals surface area contributed by atoms with Crippen LogP contribution in [0.3, 0.4) is 0 Å². The second-order valence-corrected chi connectivity index (χ2v) is 11.8. The second-order valence-electron chi connectivity index (χ2n) is 11.8. The molecule has 0 aromatic heterocycles. The van der Waals surface area contributed by atoms with Crippen LogP contribution in [0.1, 0.15) is 126 Å². The van der Waals surface area contributed by atoms with E-state index in [2.05, 4.69) is 41.5 Å². The van der Waals surface area contributed by atoms with Crippen LogP contribution in [0.5, 0.6) is 0 Å². The molecule has 0 amide bonds. The first-order valence-corrected chi connectivity index (χ1v) is 11.1. The van der Waals surface area contributed by atoms with Crippen LogP contribution in [-0.2, 0) is 0 Å². The van der Waals surface area contributed by atoms with Gasteiger partial charge in [-0.15, -0.1) is 0 Å². The zero-order chi connectivity index (χ0) is 17.8. The first kappa shape index (κ1) is 23.0. The Morgan fingerprint density at radius 3 is 1.32 bits per heavy atom. The summed E-state index contributed by atoms with van der Waals surface area (Å²) in [6, 6.07) is 0. The summed E-state index contributed by atoms with van der Waals surface area (Å²) in [6.07, 6.45) is 18.1. The lowest BCUT2D eigenvalue weighted by molar-refractivity contribution is 0.277. The van der Waals surface area contributed by atoms with E-state index < -0.39 is 0 Å². The topological polar surface area (TPSA) is 0 Å². The molecule has 150 valence electrons. The lowest BCUT2D eigenvalue weighted by atomic mass is 9.82. The van der Waals surface area contributed by atoms with E-state index >= 15 is 0 Å². The monoisotopic (exact) mass is 350 g/mol. The summed E-state index contributed by atoms with van der Waals surface area (Å²) < 4.78 is 0. The van der Waals surface area contributed by atoms with E-state index in [4.69, 9.17) is 0 Å². The summed E-state index contributed by atoms with van der Waals surface area (Å²) in [5, 5.41) is 0. The van der Waals surface area contributed by atoms with Gasteiger partial charge in [-0.25, -0.2) is 0 Å². The van der Waals surface area contributed by atoms with Crippen LogP contribution in [0, 0.1) is 34.5 Å². The van der Waals surface area contributed by atoms with Crippen molar-refractivity contribution in [3.8, 4) is 0 Å². The van der Waals surface area contributed by atoms with Gasteiger partial charge >= 0.3 is 0 Å². The van der Waals surface area contributed by atoms with Gasteiger partial charge in [-0.1, -0.05) is 100 Å². The molecule has 0 aromatic rings.